The molecule has 19 heavy (non-hydrogen) atoms. The first-order valence-corrected chi connectivity index (χ1v) is 7.14. The molecule has 0 saturated carbocycles. The molecule has 0 amide bonds. The van der Waals surface area contributed by atoms with E-state index in [0.717, 1.165) is 19.3 Å². The van der Waals surface area contributed by atoms with Crippen molar-refractivity contribution >= 4 is 0 Å². The number of methoxy groups -OCH3 is 1. The van der Waals surface area contributed by atoms with Crippen LogP contribution in [0, 0.1) is 5.92 Å². The summed E-state index contributed by atoms with van der Waals surface area (Å²) in [5.41, 5.74) is 5.57. The fourth-order valence-electron chi connectivity index (χ4n) is 2.27. The van der Waals surface area contributed by atoms with Gasteiger partial charge in [-0.15, -0.1) is 0 Å². The molecule has 0 aliphatic heterocycles. The molecule has 1 rings (SSSR count). The van der Waals surface area contributed by atoms with Crippen molar-refractivity contribution in [2.75, 3.05) is 7.11 Å². The van der Waals surface area contributed by atoms with Crippen LogP contribution in [0.2, 0.25) is 0 Å². The first-order chi connectivity index (χ1) is 9.06. The Morgan fingerprint density at radius 3 is 2.53 bits per heavy atom. The van der Waals surface area contributed by atoms with Gasteiger partial charge in [0.2, 0.25) is 0 Å². The smallest absolute Gasteiger partial charge is 0.0543 e. The Morgan fingerprint density at radius 1 is 1.21 bits per heavy atom. The van der Waals surface area contributed by atoms with Gasteiger partial charge in [-0.1, -0.05) is 38.1 Å². The van der Waals surface area contributed by atoms with Crippen molar-refractivity contribution in [2.24, 2.45) is 11.8 Å². The largest absolute Gasteiger partial charge is 0.382 e. The van der Waals surface area contributed by atoms with Crippen molar-refractivity contribution in [1.29, 1.82) is 0 Å². The van der Waals surface area contributed by atoms with Gasteiger partial charge in [0, 0.05) is 13.2 Å². The molecule has 0 aromatic heterocycles. The van der Waals surface area contributed by atoms with Gasteiger partial charge in [-0.05, 0) is 43.2 Å². The summed E-state index contributed by atoms with van der Waals surface area (Å²) < 4.78 is 5.29. The predicted octanol–water partition coefficient (Wildman–Crippen LogP) is 3.20. The van der Waals surface area contributed by atoms with Crippen molar-refractivity contribution in [3.05, 3.63) is 35.4 Å². The second kappa shape index (κ2) is 8.31. The molecular weight excluding hydrogens is 236 g/mol. The Hall–Kier alpha value is -0.900. The third-order valence-corrected chi connectivity index (χ3v) is 3.46. The molecule has 3 N–H and O–H groups in total. The molecule has 0 fully saturated rings. The molecule has 3 heteroatoms. The lowest BCUT2D eigenvalue weighted by Gasteiger charge is -2.19. The SMILES string of the molecule is COC(C)CCC(NN)c1cccc(CC(C)C)c1. The maximum Gasteiger partial charge on any atom is 0.0543 e. The number of rotatable bonds is 8. The molecule has 108 valence electrons. The van der Waals surface area contributed by atoms with Gasteiger partial charge in [0.15, 0.2) is 0 Å². The van der Waals surface area contributed by atoms with Crippen LogP contribution in [-0.4, -0.2) is 13.2 Å². The molecule has 0 heterocycles. The van der Waals surface area contributed by atoms with E-state index in [4.69, 9.17) is 10.6 Å². The van der Waals surface area contributed by atoms with Crippen LogP contribution in [0.15, 0.2) is 24.3 Å². The zero-order chi connectivity index (χ0) is 14.3. The molecule has 0 spiro atoms. The molecule has 0 bridgehead atoms. The van der Waals surface area contributed by atoms with Crippen molar-refractivity contribution in [3.63, 3.8) is 0 Å². The van der Waals surface area contributed by atoms with E-state index in [2.05, 4.69) is 50.5 Å². The lowest BCUT2D eigenvalue weighted by Crippen LogP contribution is -2.28. The summed E-state index contributed by atoms with van der Waals surface area (Å²) in [6, 6.07) is 8.92. The van der Waals surface area contributed by atoms with Gasteiger partial charge < -0.3 is 4.74 Å². The summed E-state index contributed by atoms with van der Waals surface area (Å²) in [5, 5.41) is 0. The van der Waals surface area contributed by atoms with Crippen molar-refractivity contribution < 1.29 is 4.74 Å². The van der Waals surface area contributed by atoms with Crippen LogP contribution in [0.25, 0.3) is 0 Å². The minimum absolute atomic E-state index is 0.199. The number of benzene rings is 1. The van der Waals surface area contributed by atoms with E-state index in [-0.39, 0.29) is 12.1 Å². The Labute approximate surface area is 117 Å². The summed E-state index contributed by atoms with van der Waals surface area (Å²) in [5.74, 6) is 6.37. The highest BCUT2D eigenvalue weighted by Crippen LogP contribution is 2.21. The summed E-state index contributed by atoms with van der Waals surface area (Å²) in [6.07, 6.45) is 3.37. The van der Waals surface area contributed by atoms with Gasteiger partial charge in [0.1, 0.15) is 0 Å². The first kappa shape index (κ1) is 16.2. The monoisotopic (exact) mass is 264 g/mol. The Morgan fingerprint density at radius 2 is 1.95 bits per heavy atom. The molecule has 2 atom stereocenters. The second-order valence-electron chi connectivity index (χ2n) is 5.69. The quantitative estimate of drug-likeness (QED) is 0.560. The molecule has 2 unspecified atom stereocenters. The van der Waals surface area contributed by atoms with Crippen LogP contribution in [0.3, 0.4) is 0 Å². The maximum absolute atomic E-state index is 5.69. The Kier molecular flexibility index (Phi) is 7.06. The van der Waals surface area contributed by atoms with E-state index in [1.165, 1.54) is 11.1 Å². The van der Waals surface area contributed by atoms with Crippen LogP contribution in [0.1, 0.15) is 50.8 Å². The maximum atomic E-state index is 5.69. The minimum Gasteiger partial charge on any atom is -0.382 e. The number of nitrogens with two attached hydrogens (primary N) is 1. The van der Waals surface area contributed by atoms with E-state index in [9.17, 15) is 0 Å². The lowest BCUT2D eigenvalue weighted by molar-refractivity contribution is 0.106. The van der Waals surface area contributed by atoms with Crippen LogP contribution < -0.4 is 11.3 Å². The van der Waals surface area contributed by atoms with Crippen LogP contribution >= 0.6 is 0 Å². The highest BCUT2D eigenvalue weighted by Gasteiger charge is 2.12. The van der Waals surface area contributed by atoms with E-state index in [1.54, 1.807) is 7.11 Å². The fraction of sp³-hybridized carbons (Fsp3) is 0.625. The van der Waals surface area contributed by atoms with E-state index < -0.39 is 0 Å². The van der Waals surface area contributed by atoms with Gasteiger partial charge >= 0.3 is 0 Å². The standard InChI is InChI=1S/C16H28N2O/c1-12(2)10-14-6-5-7-15(11-14)16(18-17)9-8-13(3)19-4/h5-7,11-13,16,18H,8-10,17H2,1-4H3. The normalized spacial score (nSPS) is 14.6. The molecular formula is C16H28N2O. The van der Waals surface area contributed by atoms with Crippen LogP contribution in [0.4, 0.5) is 0 Å². The summed E-state index contributed by atoms with van der Waals surface area (Å²) in [7, 11) is 1.75. The fourth-order valence-corrected chi connectivity index (χ4v) is 2.27. The number of hydrogen-bond donors (Lipinski definition) is 2. The minimum atomic E-state index is 0.199. The highest BCUT2D eigenvalue weighted by molar-refractivity contribution is 5.26. The molecule has 0 saturated heterocycles. The van der Waals surface area contributed by atoms with E-state index in [0.29, 0.717) is 5.92 Å². The summed E-state index contributed by atoms with van der Waals surface area (Å²) in [4.78, 5) is 0. The highest BCUT2D eigenvalue weighted by atomic mass is 16.5. The zero-order valence-electron chi connectivity index (χ0n) is 12.6. The second-order valence-corrected chi connectivity index (χ2v) is 5.69. The van der Waals surface area contributed by atoms with Gasteiger partial charge in [0.05, 0.1) is 6.10 Å². The molecule has 0 radical (unpaired) electrons. The zero-order valence-corrected chi connectivity index (χ0v) is 12.6. The first-order valence-electron chi connectivity index (χ1n) is 7.14. The third kappa shape index (κ3) is 5.72. The molecule has 0 aliphatic rings. The topological polar surface area (TPSA) is 47.3 Å². The van der Waals surface area contributed by atoms with Crippen LogP contribution in [-0.2, 0) is 11.2 Å². The average Bonchev–Trinajstić information content (AvgIpc) is 2.38. The van der Waals surface area contributed by atoms with Crippen molar-refractivity contribution in [2.45, 2.75) is 52.2 Å². The Bertz CT molecular complexity index is 366. The van der Waals surface area contributed by atoms with Gasteiger partial charge in [-0.3, -0.25) is 11.3 Å². The van der Waals surface area contributed by atoms with E-state index >= 15 is 0 Å². The molecule has 3 nitrogen and oxygen atoms in total. The molecule has 1 aromatic rings. The third-order valence-electron chi connectivity index (χ3n) is 3.46. The molecule has 0 aliphatic carbocycles. The molecule has 1 aromatic carbocycles. The summed E-state index contributed by atoms with van der Waals surface area (Å²) in [6.45, 7) is 6.57. The van der Waals surface area contributed by atoms with Crippen molar-refractivity contribution in [3.8, 4) is 0 Å². The van der Waals surface area contributed by atoms with Gasteiger partial charge in [-0.25, -0.2) is 0 Å². The van der Waals surface area contributed by atoms with Gasteiger partial charge in [-0.2, -0.15) is 0 Å². The Balaban J connectivity index is 2.69. The van der Waals surface area contributed by atoms with Crippen LogP contribution in [0.5, 0.6) is 0 Å². The number of nitrogens with one attached hydrogen (secondary N) is 1. The summed E-state index contributed by atoms with van der Waals surface area (Å²) >= 11 is 0. The van der Waals surface area contributed by atoms with Gasteiger partial charge in [0.25, 0.3) is 0 Å². The average molecular weight is 264 g/mol. The number of hydrazine groups is 1. The lowest BCUT2D eigenvalue weighted by atomic mass is 9.96. The van der Waals surface area contributed by atoms with E-state index in [1.807, 2.05) is 0 Å². The van der Waals surface area contributed by atoms with Crippen molar-refractivity contribution in [1.82, 2.24) is 5.43 Å². The number of ether oxygens (including phenoxy) is 1. The number of hydrogen-bond acceptors (Lipinski definition) is 3. The predicted molar refractivity (Wildman–Crippen MR) is 80.8 cm³/mol.